The number of oxazole rings is 1. The number of methoxy groups -OCH3 is 1. The van der Waals surface area contributed by atoms with Crippen LogP contribution in [0.5, 0.6) is 5.75 Å². The summed E-state index contributed by atoms with van der Waals surface area (Å²) in [5.74, 6) is 0.238. The van der Waals surface area contributed by atoms with E-state index in [1.165, 1.54) is 29.5 Å². The van der Waals surface area contributed by atoms with Crippen LogP contribution in [0, 0.1) is 6.92 Å². The first kappa shape index (κ1) is 18.5. The minimum Gasteiger partial charge on any atom is -0.496 e. The van der Waals surface area contributed by atoms with Crippen LogP contribution in [-0.2, 0) is 25.4 Å². The van der Waals surface area contributed by atoms with Gasteiger partial charge in [0.2, 0.25) is 0 Å². The molecule has 150 valence electrons. The van der Waals surface area contributed by atoms with Crippen LogP contribution in [0.2, 0.25) is 0 Å². The monoisotopic (exact) mass is 399 g/mol. The minimum atomic E-state index is -0.522. The zero-order valence-corrected chi connectivity index (χ0v) is 16.3. The van der Waals surface area contributed by atoms with Gasteiger partial charge in [-0.2, -0.15) is 10.4 Å². The van der Waals surface area contributed by atoms with Gasteiger partial charge < -0.3 is 9.15 Å². The van der Waals surface area contributed by atoms with Gasteiger partial charge in [-0.1, -0.05) is 0 Å². The lowest BCUT2D eigenvalue weighted by molar-refractivity contribution is -0.334. The highest BCUT2D eigenvalue weighted by Crippen LogP contribution is 2.24. The number of amides is 1. The highest BCUT2D eigenvalue weighted by molar-refractivity contribution is 5.89. The first-order valence-electron chi connectivity index (χ1n) is 8.72. The molecule has 0 atom stereocenters. The number of aromatic nitrogens is 5. The third-order valence-electron chi connectivity index (χ3n) is 4.77. The van der Waals surface area contributed by atoms with Crippen molar-refractivity contribution in [2.75, 3.05) is 12.4 Å². The molecule has 0 aliphatic rings. The zero-order valence-electron chi connectivity index (χ0n) is 16.3. The number of carbonyl (C=O) groups excluding carboxylic acids is 1. The molecule has 3 heterocycles. The fourth-order valence-electron chi connectivity index (χ4n) is 3.21. The molecular weight excluding hydrogens is 380 g/mol. The van der Waals surface area contributed by atoms with Gasteiger partial charge in [-0.25, -0.2) is 19.3 Å². The van der Waals surface area contributed by atoms with Gasteiger partial charge in [0.15, 0.2) is 16.6 Å². The summed E-state index contributed by atoms with van der Waals surface area (Å²) in [5, 5.41) is 6.69. The molecule has 2 N–H and O–H groups in total. The highest BCUT2D eigenvalue weighted by atomic mass is 16.5. The second-order valence-electron chi connectivity index (χ2n) is 6.66. The van der Waals surface area contributed by atoms with Crippen molar-refractivity contribution in [3.63, 3.8) is 0 Å². The maximum atomic E-state index is 12.5. The van der Waals surface area contributed by atoms with Crippen LogP contribution in [0.25, 0.3) is 22.1 Å². The van der Waals surface area contributed by atoms with E-state index in [2.05, 4.69) is 15.4 Å². The van der Waals surface area contributed by atoms with Crippen LogP contribution in [-0.4, -0.2) is 31.9 Å². The Hall–Kier alpha value is -3.89. The Morgan fingerprint density at radius 2 is 2.03 bits per heavy atom. The first-order chi connectivity index (χ1) is 13.8. The van der Waals surface area contributed by atoms with Crippen molar-refractivity contribution in [2.24, 2.45) is 14.1 Å². The van der Waals surface area contributed by atoms with Crippen molar-refractivity contribution in [1.29, 1.82) is 0 Å². The molecule has 3 aromatic heterocycles. The number of hydrogen-bond acceptors (Lipinski definition) is 6. The van der Waals surface area contributed by atoms with Gasteiger partial charge >= 0.3 is 17.6 Å². The molecular formula is C18H19N6O5+. The zero-order chi connectivity index (χ0) is 20.9. The summed E-state index contributed by atoms with van der Waals surface area (Å²) in [6.45, 7) is 1.65. The summed E-state index contributed by atoms with van der Waals surface area (Å²) in [6, 6.07) is 3.72. The first-order valence-corrected chi connectivity index (χ1v) is 8.72. The van der Waals surface area contributed by atoms with Crippen LogP contribution in [0.4, 0.5) is 6.01 Å². The maximum Gasteiger partial charge on any atom is 0.460 e. The summed E-state index contributed by atoms with van der Waals surface area (Å²) >= 11 is 0. The quantitative estimate of drug-likeness (QED) is 0.513. The fraction of sp³-hybridized carbons (Fsp3) is 0.278. The number of ether oxygens (including phenoxy) is 1. The second kappa shape index (κ2) is 6.62. The average Bonchev–Trinajstić information content (AvgIpc) is 3.27. The smallest absolute Gasteiger partial charge is 0.460 e. The number of hydrogen-bond donors (Lipinski definition) is 1. The third-order valence-corrected chi connectivity index (χ3v) is 4.77. The average molecular weight is 399 g/mol. The summed E-state index contributed by atoms with van der Waals surface area (Å²) in [5.41, 5.74) is 1.65. The van der Waals surface area contributed by atoms with Crippen LogP contribution in [0.3, 0.4) is 0 Å². The number of nitrogens with zero attached hydrogens (tertiary/aromatic N) is 4. The predicted octanol–water partition coefficient (Wildman–Crippen LogP) is -0.0503. The van der Waals surface area contributed by atoms with E-state index in [1.807, 2.05) is 6.92 Å². The van der Waals surface area contributed by atoms with Crippen molar-refractivity contribution in [2.45, 2.75) is 13.5 Å². The molecule has 4 aromatic rings. The van der Waals surface area contributed by atoms with E-state index in [4.69, 9.17) is 9.15 Å². The Labute approximate surface area is 163 Å². The van der Waals surface area contributed by atoms with E-state index in [0.29, 0.717) is 22.4 Å². The highest BCUT2D eigenvalue weighted by Gasteiger charge is 2.21. The molecule has 0 saturated carbocycles. The number of carbonyl (C=O) groups is 1. The standard InChI is InChI=1S/C18H18N6O5/c1-9-5-13-10(6-12(9)28-4)20-17(29-13)21-14(25)8-24-15-11(7-19-24)22(2)18(27)23(3)16(15)26/h5-7H,8H2,1-4H3,(H,20,21,25)/p+1. The number of H-pyrrole nitrogens is 1. The summed E-state index contributed by atoms with van der Waals surface area (Å²) in [7, 11) is 4.49. The van der Waals surface area contributed by atoms with Gasteiger partial charge in [0.05, 0.1) is 18.8 Å². The largest absolute Gasteiger partial charge is 0.496 e. The van der Waals surface area contributed by atoms with Crippen molar-refractivity contribution < 1.29 is 18.9 Å². The number of aromatic amines is 1. The fourth-order valence-corrected chi connectivity index (χ4v) is 3.21. The Morgan fingerprint density at radius 3 is 2.76 bits per heavy atom. The number of aryl methyl sites for hydroxylation is 2. The molecule has 0 radical (unpaired) electrons. The van der Waals surface area contributed by atoms with Crippen molar-refractivity contribution in [1.82, 2.24) is 18.9 Å². The van der Waals surface area contributed by atoms with Crippen LogP contribution >= 0.6 is 0 Å². The molecule has 0 saturated heterocycles. The molecule has 11 heteroatoms. The molecule has 0 bridgehead atoms. The van der Waals surface area contributed by atoms with Crippen LogP contribution < -0.4 is 26.3 Å². The van der Waals surface area contributed by atoms with Gasteiger partial charge in [-0.05, 0) is 18.6 Å². The number of fused-ring (bicyclic) bond motifs is 2. The Morgan fingerprint density at radius 1 is 1.28 bits per heavy atom. The topological polar surface area (TPSA) is 127 Å². The van der Waals surface area contributed by atoms with Crippen molar-refractivity contribution in [3.8, 4) is 5.75 Å². The molecule has 0 spiro atoms. The molecule has 1 amide bonds. The maximum absolute atomic E-state index is 12.5. The normalized spacial score (nSPS) is 11.3. The SMILES string of the molecule is COc1cc2[nH+]c(NC(=O)Cn3ncc4c3c(=O)n(C)c(=O)n4C)oc2cc1C. The van der Waals surface area contributed by atoms with E-state index in [1.54, 1.807) is 19.2 Å². The summed E-state index contributed by atoms with van der Waals surface area (Å²) < 4.78 is 14.4. The lowest BCUT2D eigenvalue weighted by atomic mass is 10.2. The van der Waals surface area contributed by atoms with Gasteiger partial charge in [-0.15, -0.1) is 0 Å². The Balaban J connectivity index is 1.63. The lowest BCUT2D eigenvalue weighted by Crippen LogP contribution is -2.37. The van der Waals surface area contributed by atoms with E-state index in [-0.39, 0.29) is 18.1 Å². The number of anilines is 1. The Kier molecular flexibility index (Phi) is 4.22. The van der Waals surface area contributed by atoms with Gasteiger partial charge in [0, 0.05) is 20.2 Å². The van der Waals surface area contributed by atoms with Crippen molar-refractivity contribution >= 4 is 34.1 Å². The van der Waals surface area contributed by atoms with Gasteiger partial charge in [-0.3, -0.25) is 13.9 Å². The van der Waals surface area contributed by atoms with Crippen LogP contribution in [0.1, 0.15) is 5.56 Å². The van der Waals surface area contributed by atoms with Crippen molar-refractivity contribution in [3.05, 3.63) is 44.7 Å². The molecule has 11 nitrogen and oxygen atoms in total. The second-order valence-corrected chi connectivity index (χ2v) is 6.66. The van der Waals surface area contributed by atoms with E-state index >= 15 is 0 Å². The van der Waals surface area contributed by atoms with Gasteiger partial charge in [0.1, 0.15) is 12.3 Å². The van der Waals surface area contributed by atoms with E-state index in [9.17, 15) is 14.4 Å². The molecule has 0 fully saturated rings. The van der Waals surface area contributed by atoms with E-state index < -0.39 is 17.2 Å². The van der Waals surface area contributed by atoms with E-state index in [0.717, 1.165) is 10.1 Å². The third kappa shape index (κ3) is 2.96. The lowest BCUT2D eigenvalue weighted by Gasteiger charge is -2.04. The minimum absolute atomic E-state index is 0.148. The molecule has 0 aliphatic heterocycles. The molecule has 0 unspecified atom stereocenters. The molecule has 0 aliphatic carbocycles. The number of rotatable bonds is 4. The molecule has 4 rings (SSSR count). The molecule has 29 heavy (non-hydrogen) atoms. The van der Waals surface area contributed by atoms with Crippen LogP contribution in [0.15, 0.2) is 32.3 Å². The molecule has 1 aromatic carbocycles. The summed E-state index contributed by atoms with van der Waals surface area (Å²) in [6.07, 6.45) is 1.38. The Bertz CT molecular complexity index is 1390. The predicted molar refractivity (Wildman–Crippen MR) is 103 cm³/mol. The summed E-state index contributed by atoms with van der Waals surface area (Å²) in [4.78, 5) is 39.9. The van der Waals surface area contributed by atoms with Gasteiger partial charge in [0.25, 0.3) is 5.56 Å². The number of benzene rings is 1. The number of nitrogens with one attached hydrogen (secondary N) is 2.